The van der Waals surface area contributed by atoms with E-state index in [0.29, 0.717) is 25.1 Å². The van der Waals surface area contributed by atoms with Gasteiger partial charge in [0.1, 0.15) is 18.1 Å². The Balaban J connectivity index is 5.55. The summed E-state index contributed by atoms with van der Waals surface area (Å²) in [5, 5.41) is 16.6. The van der Waals surface area contributed by atoms with Crippen LogP contribution in [0.4, 0.5) is 0 Å². The predicted octanol–water partition coefficient (Wildman–Crippen LogP) is -3.12. The number of hydrogen-bond donors (Lipinski definition) is 8. The van der Waals surface area contributed by atoms with E-state index in [0.717, 1.165) is 0 Å². The van der Waals surface area contributed by atoms with Crippen LogP contribution in [0.1, 0.15) is 44.9 Å². The molecule has 0 saturated carbocycles. The molecule has 0 heterocycles. The molecule has 15 heteroatoms. The quantitative estimate of drug-likeness (QED) is 0.0795. The second kappa shape index (κ2) is 17.5. The molecule has 0 aromatic rings. The van der Waals surface area contributed by atoms with Crippen LogP contribution in [-0.4, -0.2) is 83.3 Å². The Morgan fingerprint density at radius 2 is 1.34 bits per heavy atom. The molecule has 0 aromatic heterocycles. The van der Waals surface area contributed by atoms with Gasteiger partial charge in [0.15, 0.2) is 0 Å². The normalized spacial score (nSPS) is 14.1. The summed E-state index contributed by atoms with van der Waals surface area (Å²) in [6.07, 6.45) is 2.22. The SMILES string of the molecule is CSCCC(NC(=O)C(CCCCN)NC(=O)C(CCC(N)=O)NC(=O)C(N)CC(N)=O)C(=O)O. The lowest BCUT2D eigenvalue weighted by Gasteiger charge is -2.25. The van der Waals surface area contributed by atoms with E-state index in [1.54, 1.807) is 6.26 Å². The minimum atomic E-state index is -1.33. The predicted molar refractivity (Wildman–Crippen MR) is 130 cm³/mol. The molecule has 0 radical (unpaired) electrons. The zero-order valence-electron chi connectivity index (χ0n) is 19.8. The first-order valence-corrected chi connectivity index (χ1v) is 12.5. The van der Waals surface area contributed by atoms with Crippen LogP contribution in [-0.2, 0) is 28.8 Å². The lowest BCUT2D eigenvalue weighted by Crippen LogP contribution is -2.57. The molecule has 0 aliphatic rings. The molecule has 0 spiro atoms. The minimum Gasteiger partial charge on any atom is -0.480 e. The fourth-order valence-electron chi connectivity index (χ4n) is 2.94. The van der Waals surface area contributed by atoms with Gasteiger partial charge in [0.05, 0.1) is 12.5 Å². The summed E-state index contributed by atoms with van der Waals surface area (Å²) < 4.78 is 0. The van der Waals surface area contributed by atoms with Crippen molar-refractivity contribution in [2.75, 3.05) is 18.6 Å². The van der Waals surface area contributed by atoms with Crippen LogP contribution in [0.15, 0.2) is 0 Å². The summed E-state index contributed by atoms with van der Waals surface area (Å²) in [5.41, 5.74) is 21.3. The van der Waals surface area contributed by atoms with E-state index in [1.165, 1.54) is 11.8 Å². The highest BCUT2D eigenvalue weighted by molar-refractivity contribution is 7.98. The van der Waals surface area contributed by atoms with Crippen molar-refractivity contribution in [1.29, 1.82) is 0 Å². The summed E-state index contributed by atoms with van der Waals surface area (Å²) in [5.74, 6) is -4.65. The van der Waals surface area contributed by atoms with E-state index in [1.807, 2.05) is 0 Å². The molecule has 0 fully saturated rings. The number of unbranched alkanes of at least 4 members (excludes halogenated alkanes) is 1. The molecule has 0 rings (SSSR count). The molecule has 5 amide bonds. The van der Waals surface area contributed by atoms with Gasteiger partial charge in [-0.3, -0.25) is 24.0 Å². The molecule has 35 heavy (non-hydrogen) atoms. The summed E-state index contributed by atoms with van der Waals surface area (Å²) in [4.78, 5) is 71.8. The zero-order chi connectivity index (χ0) is 27.0. The third kappa shape index (κ3) is 14.2. The number of amides is 5. The Bertz CT molecular complexity index is 753. The van der Waals surface area contributed by atoms with Crippen molar-refractivity contribution in [3.63, 3.8) is 0 Å². The minimum absolute atomic E-state index is 0.154. The maximum absolute atomic E-state index is 12.9. The van der Waals surface area contributed by atoms with Crippen LogP contribution in [0, 0.1) is 0 Å². The van der Waals surface area contributed by atoms with Gasteiger partial charge < -0.3 is 44.0 Å². The van der Waals surface area contributed by atoms with Crippen LogP contribution in [0.3, 0.4) is 0 Å². The van der Waals surface area contributed by atoms with Crippen LogP contribution in [0.5, 0.6) is 0 Å². The number of carbonyl (C=O) groups is 6. The second-order valence-electron chi connectivity index (χ2n) is 7.87. The lowest BCUT2D eigenvalue weighted by molar-refractivity contribution is -0.142. The van der Waals surface area contributed by atoms with E-state index in [4.69, 9.17) is 22.9 Å². The van der Waals surface area contributed by atoms with Gasteiger partial charge in [0.2, 0.25) is 29.5 Å². The number of rotatable bonds is 19. The molecule has 0 saturated heterocycles. The van der Waals surface area contributed by atoms with Gasteiger partial charge in [0, 0.05) is 6.42 Å². The average Bonchev–Trinajstić information content (AvgIpc) is 2.77. The lowest BCUT2D eigenvalue weighted by atomic mass is 10.0. The van der Waals surface area contributed by atoms with Gasteiger partial charge in [-0.25, -0.2) is 4.79 Å². The van der Waals surface area contributed by atoms with E-state index < -0.39 is 66.1 Å². The van der Waals surface area contributed by atoms with Crippen LogP contribution >= 0.6 is 11.8 Å². The molecule has 0 aliphatic carbocycles. The Morgan fingerprint density at radius 1 is 0.800 bits per heavy atom. The monoisotopic (exact) mass is 519 g/mol. The summed E-state index contributed by atoms with van der Waals surface area (Å²) in [7, 11) is 0. The fourth-order valence-corrected chi connectivity index (χ4v) is 3.41. The van der Waals surface area contributed by atoms with Gasteiger partial charge in [-0.05, 0) is 50.7 Å². The van der Waals surface area contributed by atoms with E-state index in [-0.39, 0.29) is 25.7 Å². The number of nitrogens with two attached hydrogens (primary N) is 4. The van der Waals surface area contributed by atoms with E-state index >= 15 is 0 Å². The van der Waals surface area contributed by atoms with E-state index in [2.05, 4.69) is 16.0 Å². The summed E-state index contributed by atoms with van der Waals surface area (Å²) >= 11 is 1.42. The Kier molecular flexibility index (Phi) is 16.1. The van der Waals surface area contributed by atoms with Crippen molar-refractivity contribution in [1.82, 2.24) is 16.0 Å². The summed E-state index contributed by atoms with van der Waals surface area (Å²) in [6, 6.07) is -4.91. The van der Waals surface area contributed by atoms with Gasteiger partial charge in [-0.1, -0.05) is 0 Å². The first-order chi connectivity index (χ1) is 16.4. The van der Waals surface area contributed by atoms with Gasteiger partial charge in [-0.15, -0.1) is 0 Å². The van der Waals surface area contributed by atoms with Gasteiger partial charge in [-0.2, -0.15) is 11.8 Å². The van der Waals surface area contributed by atoms with Gasteiger partial charge >= 0.3 is 5.97 Å². The average molecular weight is 520 g/mol. The molecular weight excluding hydrogens is 482 g/mol. The number of carbonyl (C=O) groups excluding carboxylic acids is 5. The Hall–Kier alpha value is -2.91. The molecule has 4 atom stereocenters. The van der Waals surface area contributed by atoms with Crippen LogP contribution in [0.25, 0.3) is 0 Å². The molecule has 4 unspecified atom stereocenters. The topological polar surface area (TPSA) is 263 Å². The standard InChI is InChI=1S/C20H37N7O7S/c1-35-9-7-14(20(33)34)27-18(31)12(4-2-3-8-21)26-19(32)13(5-6-15(23)28)25-17(30)11(22)10-16(24)29/h11-14H,2-10,21-22H2,1H3,(H2,23,28)(H2,24,29)(H,25,30)(H,26,32)(H,27,31)(H,33,34). The van der Waals surface area contributed by atoms with Crippen molar-refractivity contribution in [2.24, 2.45) is 22.9 Å². The fraction of sp³-hybridized carbons (Fsp3) is 0.700. The molecule has 200 valence electrons. The number of aliphatic carboxylic acids is 1. The number of hydrogen-bond acceptors (Lipinski definition) is 9. The molecule has 0 aromatic carbocycles. The molecular formula is C20H37N7O7S. The van der Waals surface area contributed by atoms with Crippen LogP contribution in [0.2, 0.25) is 0 Å². The number of carboxylic acid groups (broad SMARTS) is 1. The van der Waals surface area contributed by atoms with Crippen molar-refractivity contribution in [3.05, 3.63) is 0 Å². The molecule has 12 N–H and O–H groups in total. The number of primary amides is 2. The number of nitrogens with one attached hydrogen (secondary N) is 3. The molecule has 0 bridgehead atoms. The highest BCUT2D eigenvalue weighted by Crippen LogP contribution is 2.07. The van der Waals surface area contributed by atoms with Gasteiger partial charge in [0.25, 0.3) is 0 Å². The maximum Gasteiger partial charge on any atom is 0.326 e. The third-order valence-corrected chi connectivity index (χ3v) is 5.52. The van der Waals surface area contributed by atoms with Crippen molar-refractivity contribution >= 4 is 47.3 Å². The third-order valence-electron chi connectivity index (χ3n) is 4.88. The first-order valence-electron chi connectivity index (χ1n) is 11.1. The maximum atomic E-state index is 12.9. The largest absolute Gasteiger partial charge is 0.480 e. The van der Waals surface area contributed by atoms with E-state index in [9.17, 15) is 33.9 Å². The first kappa shape index (κ1) is 32.1. The highest BCUT2D eigenvalue weighted by atomic mass is 32.2. The van der Waals surface area contributed by atoms with Crippen molar-refractivity contribution in [2.45, 2.75) is 69.1 Å². The molecule has 0 aliphatic heterocycles. The van der Waals surface area contributed by atoms with Crippen molar-refractivity contribution in [3.8, 4) is 0 Å². The van der Waals surface area contributed by atoms with Crippen molar-refractivity contribution < 1.29 is 33.9 Å². The smallest absolute Gasteiger partial charge is 0.326 e. The zero-order valence-corrected chi connectivity index (χ0v) is 20.6. The Morgan fingerprint density at radius 3 is 1.83 bits per heavy atom. The van der Waals surface area contributed by atoms with Crippen LogP contribution < -0.4 is 38.9 Å². The number of thioether (sulfide) groups is 1. The molecule has 14 nitrogen and oxygen atoms in total. The Labute approximate surface area is 208 Å². The number of carboxylic acids is 1. The second-order valence-corrected chi connectivity index (χ2v) is 8.86. The summed E-state index contributed by atoms with van der Waals surface area (Å²) in [6.45, 7) is 0.350. The highest BCUT2D eigenvalue weighted by Gasteiger charge is 2.30.